The summed E-state index contributed by atoms with van der Waals surface area (Å²) in [6, 6.07) is 13.0. The van der Waals surface area contributed by atoms with Gasteiger partial charge in [-0.05, 0) is 32.0 Å². The molecule has 0 aromatic heterocycles. The van der Waals surface area contributed by atoms with Gasteiger partial charge in [-0.3, -0.25) is 14.6 Å². The highest BCUT2D eigenvalue weighted by atomic mass is 19.1. The molecular weight excluding hydrogens is 360 g/mol. The van der Waals surface area contributed by atoms with Crippen molar-refractivity contribution in [3.63, 3.8) is 0 Å². The first-order chi connectivity index (χ1) is 13.5. The number of hydrogen-bond donors (Lipinski definition) is 1. The van der Waals surface area contributed by atoms with Gasteiger partial charge in [0.25, 0.3) is 0 Å². The van der Waals surface area contributed by atoms with Crippen LogP contribution in [0.15, 0.2) is 48.5 Å². The molecule has 28 heavy (non-hydrogen) atoms. The van der Waals surface area contributed by atoms with Crippen molar-refractivity contribution in [1.29, 1.82) is 0 Å². The van der Waals surface area contributed by atoms with Crippen molar-refractivity contribution in [2.45, 2.75) is 32.5 Å². The van der Waals surface area contributed by atoms with Gasteiger partial charge in [0.15, 0.2) is 0 Å². The molecule has 1 atom stereocenters. The minimum atomic E-state index is -0.311. The van der Waals surface area contributed by atoms with Crippen LogP contribution in [0, 0.1) is 11.6 Å². The highest BCUT2D eigenvalue weighted by Crippen LogP contribution is 2.14. The second-order valence-electron chi connectivity index (χ2n) is 7.24. The number of halogens is 2. The first-order valence-electron chi connectivity index (χ1n) is 9.75. The van der Waals surface area contributed by atoms with Crippen LogP contribution in [0.3, 0.4) is 0 Å². The lowest BCUT2D eigenvalue weighted by atomic mass is 10.2. The molecule has 1 heterocycles. The quantitative estimate of drug-likeness (QED) is 0.827. The van der Waals surface area contributed by atoms with Gasteiger partial charge in [0, 0.05) is 43.9 Å². The number of rotatable bonds is 6. The number of benzene rings is 2. The van der Waals surface area contributed by atoms with Crippen molar-refractivity contribution in [3.8, 4) is 0 Å². The van der Waals surface area contributed by atoms with Crippen molar-refractivity contribution in [2.24, 2.45) is 0 Å². The Morgan fingerprint density at radius 1 is 0.964 bits per heavy atom. The molecular formula is C22H27F2N3O. The molecule has 2 aromatic rings. The van der Waals surface area contributed by atoms with Crippen LogP contribution < -0.4 is 5.32 Å². The van der Waals surface area contributed by atoms with Gasteiger partial charge in [-0.1, -0.05) is 36.4 Å². The predicted octanol–water partition coefficient (Wildman–Crippen LogP) is 3.18. The Kier molecular flexibility index (Phi) is 7.12. The van der Waals surface area contributed by atoms with E-state index in [4.69, 9.17) is 0 Å². The van der Waals surface area contributed by atoms with E-state index in [1.165, 1.54) is 12.1 Å². The average Bonchev–Trinajstić information content (AvgIpc) is 2.94. The second-order valence-corrected chi connectivity index (χ2v) is 7.24. The fourth-order valence-corrected chi connectivity index (χ4v) is 3.54. The zero-order valence-corrected chi connectivity index (χ0v) is 16.2. The summed E-state index contributed by atoms with van der Waals surface area (Å²) in [6.07, 6.45) is 0.916. The molecule has 1 saturated heterocycles. The first-order valence-corrected chi connectivity index (χ1v) is 9.75. The lowest BCUT2D eigenvalue weighted by Gasteiger charge is -2.27. The van der Waals surface area contributed by atoms with Crippen molar-refractivity contribution in [1.82, 2.24) is 15.1 Å². The van der Waals surface area contributed by atoms with E-state index in [0.717, 1.165) is 32.6 Å². The topological polar surface area (TPSA) is 35.6 Å². The Morgan fingerprint density at radius 3 is 2.29 bits per heavy atom. The van der Waals surface area contributed by atoms with Gasteiger partial charge in [-0.15, -0.1) is 0 Å². The van der Waals surface area contributed by atoms with Crippen LogP contribution in [-0.2, 0) is 17.9 Å². The molecule has 1 aliphatic heterocycles. The van der Waals surface area contributed by atoms with Crippen molar-refractivity contribution in [2.75, 3.05) is 26.2 Å². The second kappa shape index (κ2) is 9.75. The molecule has 0 saturated carbocycles. The van der Waals surface area contributed by atoms with E-state index >= 15 is 0 Å². The van der Waals surface area contributed by atoms with Crippen LogP contribution in [0.5, 0.6) is 0 Å². The van der Waals surface area contributed by atoms with Crippen LogP contribution in [0.2, 0.25) is 0 Å². The maximum Gasteiger partial charge on any atom is 0.237 e. The van der Waals surface area contributed by atoms with E-state index in [0.29, 0.717) is 17.7 Å². The van der Waals surface area contributed by atoms with Gasteiger partial charge in [0.1, 0.15) is 11.6 Å². The largest absolute Gasteiger partial charge is 0.351 e. The van der Waals surface area contributed by atoms with Crippen molar-refractivity contribution >= 4 is 5.91 Å². The number of nitrogens with zero attached hydrogens (tertiary/aromatic N) is 2. The van der Waals surface area contributed by atoms with Crippen LogP contribution >= 0.6 is 0 Å². The van der Waals surface area contributed by atoms with E-state index in [1.807, 2.05) is 19.1 Å². The minimum absolute atomic E-state index is 0.106. The highest BCUT2D eigenvalue weighted by molar-refractivity contribution is 5.81. The van der Waals surface area contributed by atoms with Gasteiger partial charge in [-0.25, -0.2) is 8.78 Å². The minimum Gasteiger partial charge on any atom is -0.351 e. The van der Waals surface area contributed by atoms with Gasteiger partial charge in [-0.2, -0.15) is 0 Å². The smallest absolute Gasteiger partial charge is 0.237 e. The van der Waals surface area contributed by atoms with Crippen molar-refractivity contribution in [3.05, 3.63) is 71.3 Å². The molecule has 0 unspecified atom stereocenters. The van der Waals surface area contributed by atoms with Crippen LogP contribution in [0.25, 0.3) is 0 Å². The Morgan fingerprint density at radius 2 is 1.61 bits per heavy atom. The monoisotopic (exact) mass is 387 g/mol. The fourth-order valence-electron chi connectivity index (χ4n) is 3.54. The summed E-state index contributed by atoms with van der Waals surface area (Å²) in [7, 11) is 0. The van der Waals surface area contributed by atoms with Crippen LogP contribution in [-0.4, -0.2) is 47.9 Å². The predicted molar refractivity (Wildman–Crippen MR) is 106 cm³/mol. The summed E-state index contributed by atoms with van der Waals surface area (Å²) < 4.78 is 27.6. The summed E-state index contributed by atoms with van der Waals surface area (Å²) in [6.45, 7) is 5.83. The summed E-state index contributed by atoms with van der Waals surface area (Å²) in [5, 5.41) is 2.83. The molecule has 1 amide bonds. The number of nitrogens with one attached hydrogen (secondary N) is 1. The fraction of sp³-hybridized carbons (Fsp3) is 0.409. The standard InChI is InChI=1S/C22H27F2N3O/c1-17(22(28)25-15-18-7-2-4-9-20(18)23)27-12-6-11-26(13-14-27)16-19-8-3-5-10-21(19)24/h2-5,7-10,17H,6,11-16H2,1H3,(H,25,28)/t17-/m0/s1. The SMILES string of the molecule is C[C@@H](C(=O)NCc1ccccc1F)N1CCCN(Cc2ccccc2F)CC1. The first kappa shape index (κ1) is 20.4. The van der Waals surface area contributed by atoms with Gasteiger partial charge >= 0.3 is 0 Å². The molecule has 1 N–H and O–H groups in total. The van der Waals surface area contributed by atoms with Crippen LogP contribution in [0.1, 0.15) is 24.5 Å². The average molecular weight is 387 g/mol. The van der Waals surface area contributed by atoms with Gasteiger partial charge in [0.2, 0.25) is 5.91 Å². The number of carbonyl (C=O) groups excluding carboxylic acids is 1. The van der Waals surface area contributed by atoms with Crippen molar-refractivity contribution < 1.29 is 13.6 Å². The number of carbonyl (C=O) groups is 1. The summed E-state index contributed by atoms with van der Waals surface area (Å²) in [5.74, 6) is -0.593. The van der Waals surface area contributed by atoms with Gasteiger partial charge in [0.05, 0.1) is 6.04 Å². The Hall–Kier alpha value is -2.31. The third kappa shape index (κ3) is 5.36. The van der Waals surface area contributed by atoms with E-state index < -0.39 is 0 Å². The molecule has 1 fully saturated rings. The molecule has 150 valence electrons. The molecule has 6 heteroatoms. The maximum absolute atomic E-state index is 13.9. The Bertz CT molecular complexity index is 799. The highest BCUT2D eigenvalue weighted by Gasteiger charge is 2.24. The number of amides is 1. The Balaban J connectivity index is 1.50. The molecule has 1 aliphatic rings. The summed E-state index contributed by atoms with van der Waals surface area (Å²) in [4.78, 5) is 16.9. The zero-order chi connectivity index (χ0) is 19.9. The lowest BCUT2D eigenvalue weighted by Crippen LogP contribution is -2.46. The van der Waals surface area contributed by atoms with E-state index in [9.17, 15) is 13.6 Å². The molecule has 0 aliphatic carbocycles. The Labute approximate surface area is 165 Å². The third-order valence-corrected chi connectivity index (χ3v) is 5.31. The zero-order valence-electron chi connectivity index (χ0n) is 16.2. The number of hydrogen-bond acceptors (Lipinski definition) is 3. The van der Waals surface area contributed by atoms with Gasteiger partial charge < -0.3 is 5.32 Å². The maximum atomic E-state index is 13.9. The molecule has 2 aromatic carbocycles. The summed E-state index contributed by atoms with van der Waals surface area (Å²) in [5.41, 5.74) is 1.18. The molecule has 3 rings (SSSR count). The lowest BCUT2D eigenvalue weighted by molar-refractivity contribution is -0.126. The molecule has 0 radical (unpaired) electrons. The molecule has 0 spiro atoms. The third-order valence-electron chi connectivity index (χ3n) is 5.31. The summed E-state index contributed by atoms with van der Waals surface area (Å²) >= 11 is 0. The van der Waals surface area contributed by atoms with E-state index in [-0.39, 0.29) is 30.1 Å². The van der Waals surface area contributed by atoms with E-state index in [2.05, 4.69) is 15.1 Å². The van der Waals surface area contributed by atoms with Crippen LogP contribution in [0.4, 0.5) is 8.78 Å². The molecule has 4 nitrogen and oxygen atoms in total. The van der Waals surface area contributed by atoms with E-state index in [1.54, 1.807) is 24.3 Å². The molecule has 0 bridgehead atoms. The normalized spacial score (nSPS) is 17.1.